The number of amides is 1. The van der Waals surface area contributed by atoms with E-state index in [4.69, 9.17) is 14.2 Å². The Morgan fingerprint density at radius 3 is 2.85 bits per heavy atom. The maximum Gasteiger partial charge on any atom is 0.292 e. The Kier molecular flexibility index (Phi) is 5.22. The van der Waals surface area contributed by atoms with Crippen molar-refractivity contribution in [2.75, 3.05) is 19.8 Å². The third-order valence-corrected chi connectivity index (χ3v) is 5.30. The third-order valence-electron chi connectivity index (χ3n) is 4.24. The third kappa shape index (κ3) is 3.74. The molecule has 2 heterocycles. The summed E-state index contributed by atoms with van der Waals surface area (Å²) in [5.74, 6) is 0.870. The van der Waals surface area contributed by atoms with Crippen LogP contribution in [0.3, 0.4) is 0 Å². The molecule has 0 saturated carbocycles. The molecule has 1 aromatic heterocycles. The molecule has 0 fully saturated rings. The summed E-state index contributed by atoms with van der Waals surface area (Å²) in [5, 5.41) is 0. The minimum Gasteiger partial charge on any atom is -0.485 e. The summed E-state index contributed by atoms with van der Waals surface area (Å²) in [5.41, 5.74) is 1.04. The van der Waals surface area contributed by atoms with Gasteiger partial charge in [0.15, 0.2) is 16.3 Å². The molecule has 1 aliphatic heterocycles. The quantitative estimate of drug-likeness (QED) is 0.635. The molecule has 3 aromatic rings. The summed E-state index contributed by atoms with van der Waals surface area (Å²) in [6.45, 7) is 3.97. The first-order valence-electron chi connectivity index (χ1n) is 8.89. The number of benzene rings is 2. The Bertz CT molecular complexity index is 1020. The van der Waals surface area contributed by atoms with E-state index in [1.807, 2.05) is 54.0 Å². The predicted molar refractivity (Wildman–Crippen MR) is 103 cm³/mol. The van der Waals surface area contributed by atoms with Gasteiger partial charge in [-0.1, -0.05) is 35.6 Å². The zero-order valence-corrected chi connectivity index (χ0v) is 15.8. The zero-order chi connectivity index (χ0) is 18.6. The minimum atomic E-state index is -0.745. The Hall–Kier alpha value is -2.64. The van der Waals surface area contributed by atoms with Crippen LogP contribution in [0.4, 0.5) is 0 Å². The number of ether oxygens (including phenoxy) is 3. The molecule has 0 unspecified atom stereocenters. The van der Waals surface area contributed by atoms with Crippen LogP contribution in [-0.2, 0) is 16.1 Å². The van der Waals surface area contributed by atoms with E-state index < -0.39 is 6.10 Å². The molecular weight excluding hydrogens is 364 g/mol. The van der Waals surface area contributed by atoms with Gasteiger partial charge in [0.25, 0.3) is 5.91 Å². The van der Waals surface area contributed by atoms with Crippen LogP contribution in [0.1, 0.15) is 6.92 Å². The van der Waals surface area contributed by atoms with Crippen LogP contribution in [0, 0.1) is 0 Å². The maximum absolute atomic E-state index is 12.7. The number of hydrogen-bond donors (Lipinski definition) is 0. The predicted octanol–water partition coefficient (Wildman–Crippen LogP) is 3.01. The van der Waals surface area contributed by atoms with Gasteiger partial charge in [-0.2, -0.15) is 4.99 Å². The van der Waals surface area contributed by atoms with Crippen molar-refractivity contribution < 1.29 is 19.0 Å². The number of hydrogen-bond acceptors (Lipinski definition) is 5. The molecule has 0 N–H and O–H groups in total. The number of thiazole rings is 1. The molecule has 0 aliphatic carbocycles. The lowest BCUT2D eigenvalue weighted by Gasteiger charge is -2.23. The Balaban J connectivity index is 1.64. The fourth-order valence-corrected chi connectivity index (χ4v) is 3.99. The summed E-state index contributed by atoms with van der Waals surface area (Å²) >= 11 is 1.48. The highest BCUT2D eigenvalue weighted by molar-refractivity contribution is 7.16. The van der Waals surface area contributed by atoms with E-state index in [1.54, 1.807) is 6.07 Å². The van der Waals surface area contributed by atoms with Crippen molar-refractivity contribution in [2.45, 2.75) is 19.6 Å². The Labute approximate surface area is 160 Å². The maximum atomic E-state index is 12.7. The summed E-state index contributed by atoms with van der Waals surface area (Å²) in [4.78, 5) is 17.7. The number of para-hydroxylation sites is 3. The van der Waals surface area contributed by atoms with Gasteiger partial charge >= 0.3 is 0 Å². The first-order valence-corrected chi connectivity index (χ1v) is 9.71. The normalized spacial score (nSPS) is 16.6. The van der Waals surface area contributed by atoms with Crippen molar-refractivity contribution in [2.24, 2.45) is 4.99 Å². The molecule has 7 heteroatoms. The molecule has 0 bridgehead atoms. The number of fused-ring (bicyclic) bond motifs is 2. The highest BCUT2D eigenvalue weighted by Crippen LogP contribution is 2.31. The molecule has 27 heavy (non-hydrogen) atoms. The molecule has 0 radical (unpaired) electrons. The fraction of sp³-hybridized carbons (Fsp3) is 0.300. The molecule has 140 valence electrons. The molecule has 0 saturated heterocycles. The topological polar surface area (TPSA) is 62.1 Å². The minimum absolute atomic E-state index is 0.156. The zero-order valence-electron chi connectivity index (χ0n) is 15.0. The van der Waals surface area contributed by atoms with Gasteiger partial charge in [0, 0.05) is 13.2 Å². The number of rotatable bonds is 5. The van der Waals surface area contributed by atoms with E-state index in [0.717, 1.165) is 10.2 Å². The lowest BCUT2D eigenvalue weighted by Crippen LogP contribution is -2.37. The Morgan fingerprint density at radius 2 is 2.00 bits per heavy atom. The van der Waals surface area contributed by atoms with Gasteiger partial charge < -0.3 is 18.8 Å². The second-order valence-electron chi connectivity index (χ2n) is 6.02. The fourth-order valence-electron chi connectivity index (χ4n) is 2.93. The van der Waals surface area contributed by atoms with E-state index in [0.29, 0.717) is 36.1 Å². The first kappa shape index (κ1) is 17.8. The summed E-state index contributed by atoms with van der Waals surface area (Å²) in [6.07, 6.45) is -0.745. The van der Waals surface area contributed by atoms with Crippen molar-refractivity contribution in [3.05, 3.63) is 53.3 Å². The molecule has 1 aliphatic rings. The van der Waals surface area contributed by atoms with E-state index in [2.05, 4.69) is 4.99 Å². The molecule has 1 atom stereocenters. The van der Waals surface area contributed by atoms with E-state index in [9.17, 15) is 4.79 Å². The smallest absolute Gasteiger partial charge is 0.292 e. The van der Waals surface area contributed by atoms with Crippen molar-refractivity contribution in [1.82, 2.24) is 4.57 Å². The largest absolute Gasteiger partial charge is 0.485 e. The van der Waals surface area contributed by atoms with Gasteiger partial charge in [0.2, 0.25) is 6.10 Å². The second kappa shape index (κ2) is 7.94. The van der Waals surface area contributed by atoms with Crippen molar-refractivity contribution >= 4 is 27.5 Å². The lowest BCUT2D eigenvalue weighted by atomic mass is 10.2. The average molecular weight is 384 g/mol. The number of nitrogens with zero attached hydrogens (tertiary/aromatic N) is 2. The van der Waals surface area contributed by atoms with Gasteiger partial charge in [-0.05, 0) is 31.2 Å². The van der Waals surface area contributed by atoms with Crippen LogP contribution in [0.2, 0.25) is 0 Å². The van der Waals surface area contributed by atoms with E-state index in [1.165, 1.54) is 11.3 Å². The molecule has 4 rings (SSSR count). The van der Waals surface area contributed by atoms with Crippen molar-refractivity contribution in [3.8, 4) is 11.5 Å². The van der Waals surface area contributed by atoms with Crippen LogP contribution in [0.5, 0.6) is 11.5 Å². The SMILES string of the molecule is CCOCCn1c(=NC(=O)[C@H]2COc3ccccc3O2)sc2ccccc21. The van der Waals surface area contributed by atoms with Gasteiger partial charge in [0.05, 0.1) is 16.8 Å². The highest BCUT2D eigenvalue weighted by Gasteiger charge is 2.27. The average Bonchev–Trinajstić information content (AvgIpc) is 3.05. The summed E-state index contributed by atoms with van der Waals surface area (Å²) in [7, 11) is 0. The number of carbonyl (C=O) groups is 1. The second-order valence-corrected chi connectivity index (χ2v) is 7.02. The lowest BCUT2D eigenvalue weighted by molar-refractivity contribution is -0.127. The van der Waals surface area contributed by atoms with Gasteiger partial charge in [0.1, 0.15) is 6.61 Å². The summed E-state index contributed by atoms with van der Waals surface area (Å²) < 4.78 is 20.0. The molecule has 0 spiro atoms. The van der Waals surface area contributed by atoms with Crippen LogP contribution < -0.4 is 14.3 Å². The molecular formula is C20H20N2O4S. The van der Waals surface area contributed by atoms with E-state index >= 15 is 0 Å². The number of carbonyl (C=O) groups excluding carboxylic acids is 1. The molecule has 1 amide bonds. The standard InChI is InChI=1S/C20H20N2O4S/c1-2-24-12-11-22-14-7-3-6-10-18(14)27-20(22)21-19(23)17-13-25-15-8-4-5-9-16(15)26-17/h3-10,17H,2,11-13H2,1H3/t17-/m1/s1. The van der Waals surface area contributed by atoms with Crippen LogP contribution >= 0.6 is 11.3 Å². The highest BCUT2D eigenvalue weighted by atomic mass is 32.1. The van der Waals surface area contributed by atoms with Gasteiger partial charge in [-0.3, -0.25) is 4.79 Å². The monoisotopic (exact) mass is 384 g/mol. The van der Waals surface area contributed by atoms with Crippen molar-refractivity contribution in [3.63, 3.8) is 0 Å². The van der Waals surface area contributed by atoms with Crippen LogP contribution in [-0.4, -0.2) is 36.4 Å². The first-order chi connectivity index (χ1) is 13.3. The van der Waals surface area contributed by atoms with Crippen LogP contribution in [0.25, 0.3) is 10.2 Å². The molecule has 2 aromatic carbocycles. The Morgan fingerprint density at radius 1 is 1.22 bits per heavy atom. The van der Waals surface area contributed by atoms with Crippen LogP contribution in [0.15, 0.2) is 53.5 Å². The van der Waals surface area contributed by atoms with Gasteiger partial charge in [-0.15, -0.1) is 0 Å². The van der Waals surface area contributed by atoms with Crippen molar-refractivity contribution in [1.29, 1.82) is 0 Å². The molecule has 6 nitrogen and oxygen atoms in total. The van der Waals surface area contributed by atoms with E-state index in [-0.39, 0.29) is 12.5 Å². The van der Waals surface area contributed by atoms with Gasteiger partial charge in [-0.25, -0.2) is 0 Å². The summed E-state index contributed by atoms with van der Waals surface area (Å²) in [6, 6.07) is 15.3. The number of aromatic nitrogens is 1.